The zero-order valence-electron chi connectivity index (χ0n) is 23.2. The Hall–Kier alpha value is -3.93. The standard InChI is InChI=1S/C28H38N6O6/c1-19(2)13-23-27(37)32(11-12-39-3)17-25(35)30-24(28(38)33-15-21(16-33)34-10-4-9-29-34)14-20-5-7-22(8-6-20)40-18-26(36)31-23/h4-10,19,21,23-24H,11-18H2,1-3H3,(H,30,35)(H,31,36)/t23-,24+/m0/s1. The van der Waals surface area contributed by atoms with Crippen LogP contribution in [0, 0.1) is 5.92 Å². The van der Waals surface area contributed by atoms with Crippen molar-refractivity contribution in [3.05, 3.63) is 48.3 Å². The van der Waals surface area contributed by atoms with Crippen LogP contribution in [-0.4, -0.2) is 102 Å². The fourth-order valence-corrected chi connectivity index (χ4v) is 4.86. The summed E-state index contributed by atoms with van der Waals surface area (Å²) in [4.78, 5) is 56.1. The molecule has 3 aliphatic rings. The van der Waals surface area contributed by atoms with Crippen molar-refractivity contribution < 1.29 is 28.7 Å². The molecule has 1 aromatic carbocycles. The maximum atomic E-state index is 13.5. The van der Waals surface area contributed by atoms with E-state index in [2.05, 4.69) is 15.7 Å². The summed E-state index contributed by atoms with van der Waals surface area (Å²) in [5.41, 5.74) is 0.816. The average Bonchev–Trinajstić information content (AvgIpc) is 3.42. The van der Waals surface area contributed by atoms with Crippen molar-refractivity contribution in [2.24, 2.45) is 5.92 Å². The number of hydrogen-bond donors (Lipinski definition) is 2. The van der Waals surface area contributed by atoms with Crippen LogP contribution in [0.15, 0.2) is 42.7 Å². The van der Waals surface area contributed by atoms with Gasteiger partial charge in [0, 0.05) is 45.6 Å². The first-order chi connectivity index (χ1) is 19.2. The number of hydrogen-bond acceptors (Lipinski definition) is 7. The molecule has 1 fully saturated rings. The summed E-state index contributed by atoms with van der Waals surface area (Å²) >= 11 is 0. The van der Waals surface area contributed by atoms with Crippen LogP contribution in [0.5, 0.6) is 5.75 Å². The highest BCUT2D eigenvalue weighted by Crippen LogP contribution is 2.22. The van der Waals surface area contributed by atoms with Gasteiger partial charge < -0.3 is 29.9 Å². The van der Waals surface area contributed by atoms with Gasteiger partial charge in [0.05, 0.1) is 19.2 Å². The van der Waals surface area contributed by atoms with Gasteiger partial charge in [-0.15, -0.1) is 0 Å². The summed E-state index contributed by atoms with van der Waals surface area (Å²) < 4.78 is 12.6. The molecule has 0 spiro atoms. The van der Waals surface area contributed by atoms with Gasteiger partial charge >= 0.3 is 0 Å². The first kappa shape index (κ1) is 29.1. The van der Waals surface area contributed by atoms with E-state index in [0.29, 0.717) is 25.3 Å². The molecule has 2 atom stereocenters. The number of aromatic nitrogens is 2. The number of fused-ring (bicyclic) bond motifs is 13. The zero-order valence-corrected chi connectivity index (χ0v) is 23.2. The minimum Gasteiger partial charge on any atom is -0.484 e. The summed E-state index contributed by atoms with van der Waals surface area (Å²) in [5, 5.41) is 9.89. The SMILES string of the molecule is COCCN1CC(=O)N[C@@H](C(=O)N2CC(n3cccn3)C2)Cc2ccc(cc2)OCC(=O)N[C@@H](CC(C)C)C1=O. The number of carbonyl (C=O) groups is 4. The Morgan fingerprint density at radius 3 is 2.52 bits per heavy atom. The van der Waals surface area contributed by atoms with Crippen LogP contribution in [0.25, 0.3) is 0 Å². The minimum atomic E-state index is -0.839. The van der Waals surface area contributed by atoms with E-state index >= 15 is 0 Å². The van der Waals surface area contributed by atoms with Gasteiger partial charge in [0.2, 0.25) is 17.7 Å². The number of carbonyl (C=O) groups excluding carboxylic acids is 4. The molecule has 4 heterocycles. The summed E-state index contributed by atoms with van der Waals surface area (Å²) in [6, 6.07) is 7.33. The number of benzene rings is 1. The number of amides is 4. The van der Waals surface area contributed by atoms with Crippen molar-refractivity contribution in [1.82, 2.24) is 30.2 Å². The number of nitrogens with zero attached hydrogens (tertiary/aromatic N) is 4. The van der Waals surface area contributed by atoms with Crippen LogP contribution in [0.2, 0.25) is 0 Å². The van der Waals surface area contributed by atoms with Crippen molar-refractivity contribution in [1.29, 1.82) is 0 Å². The molecule has 12 heteroatoms. The number of rotatable bonds is 7. The lowest BCUT2D eigenvalue weighted by atomic mass is 10.0. The first-order valence-corrected chi connectivity index (χ1v) is 13.6. The Bertz CT molecular complexity index is 1160. The largest absolute Gasteiger partial charge is 0.484 e. The van der Waals surface area contributed by atoms with Crippen molar-refractivity contribution >= 4 is 23.6 Å². The Kier molecular flexibility index (Phi) is 9.75. The fraction of sp³-hybridized carbons (Fsp3) is 0.536. The minimum absolute atomic E-state index is 0.0903. The molecule has 2 aromatic rings. The lowest BCUT2D eigenvalue weighted by Gasteiger charge is -2.41. The number of methoxy groups -OCH3 is 1. The van der Waals surface area contributed by atoms with Crippen molar-refractivity contribution in [2.45, 2.75) is 44.8 Å². The van der Waals surface area contributed by atoms with E-state index < -0.39 is 29.8 Å². The molecule has 5 rings (SSSR count). The van der Waals surface area contributed by atoms with Gasteiger partial charge in [-0.2, -0.15) is 5.10 Å². The van der Waals surface area contributed by atoms with Crippen LogP contribution < -0.4 is 15.4 Å². The predicted molar refractivity (Wildman–Crippen MR) is 145 cm³/mol. The summed E-state index contributed by atoms with van der Waals surface area (Å²) in [6.45, 7) is 4.72. The number of nitrogens with one attached hydrogen (secondary N) is 2. The smallest absolute Gasteiger partial charge is 0.258 e. The van der Waals surface area contributed by atoms with Gasteiger partial charge in [0.25, 0.3) is 5.91 Å². The lowest BCUT2D eigenvalue weighted by molar-refractivity contribution is -0.143. The summed E-state index contributed by atoms with van der Waals surface area (Å²) in [7, 11) is 1.51. The van der Waals surface area contributed by atoms with E-state index in [1.165, 1.54) is 12.0 Å². The van der Waals surface area contributed by atoms with Gasteiger partial charge in [-0.1, -0.05) is 26.0 Å². The normalized spacial score (nSPS) is 21.1. The van der Waals surface area contributed by atoms with Crippen LogP contribution in [0.3, 0.4) is 0 Å². The molecule has 40 heavy (non-hydrogen) atoms. The van der Waals surface area contributed by atoms with E-state index in [1.54, 1.807) is 23.2 Å². The van der Waals surface area contributed by atoms with Gasteiger partial charge in [0.15, 0.2) is 6.61 Å². The lowest BCUT2D eigenvalue weighted by Crippen LogP contribution is -2.59. The van der Waals surface area contributed by atoms with Crippen LogP contribution in [0.4, 0.5) is 0 Å². The van der Waals surface area contributed by atoms with E-state index in [9.17, 15) is 19.2 Å². The molecule has 4 amide bonds. The highest BCUT2D eigenvalue weighted by atomic mass is 16.5. The molecule has 2 N–H and O–H groups in total. The van der Waals surface area contributed by atoms with Gasteiger partial charge in [0.1, 0.15) is 17.8 Å². The fourth-order valence-electron chi connectivity index (χ4n) is 4.86. The van der Waals surface area contributed by atoms with Gasteiger partial charge in [-0.25, -0.2) is 0 Å². The van der Waals surface area contributed by atoms with Crippen LogP contribution in [0.1, 0.15) is 31.9 Å². The first-order valence-electron chi connectivity index (χ1n) is 13.6. The average molecular weight is 555 g/mol. The molecule has 12 nitrogen and oxygen atoms in total. The molecule has 2 bridgehead atoms. The Labute approximate surface area is 234 Å². The van der Waals surface area contributed by atoms with Crippen molar-refractivity contribution in [2.75, 3.05) is 46.5 Å². The highest BCUT2D eigenvalue weighted by molar-refractivity contribution is 5.93. The Morgan fingerprint density at radius 2 is 1.88 bits per heavy atom. The third-order valence-corrected chi connectivity index (χ3v) is 6.99. The second kappa shape index (κ2) is 13.4. The second-order valence-corrected chi connectivity index (χ2v) is 10.6. The second-order valence-electron chi connectivity index (χ2n) is 10.6. The molecule has 1 aromatic heterocycles. The van der Waals surface area contributed by atoms with Gasteiger partial charge in [-0.3, -0.25) is 23.9 Å². The predicted octanol–water partition coefficient (Wildman–Crippen LogP) is 0.392. The highest BCUT2D eigenvalue weighted by Gasteiger charge is 2.37. The molecule has 0 unspecified atom stereocenters. The van der Waals surface area contributed by atoms with Gasteiger partial charge in [-0.05, 0) is 36.1 Å². The topological polar surface area (TPSA) is 135 Å². The maximum absolute atomic E-state index is 13.5. The summed E-state index contributed by atoms with van der Waals surface area (Å²) in [6.07, 6.45) is 4.21. The molecular weight excluding hydrogens is 516 g/mol. The van der Waals surface area contributed by atoms with E-state index in [0.717, 1.165) is 5.56 Å². The van der Waals surface area contributed by atoms with E-state index in [1.807, 2.05) is 42.9 Å². The number of ether oxygens (including phenoxy) is 2. The van der Waals surface area contributed by atoms with Crippen LogP contribution in [-0.2, 0) is 30.3 Å². The monoisotopic (exact) mass is 554 g/mol. The molecule has 0 aliphatic carbocycles. The molecule has 0 saturated carbocycles. The molecule has 0 radical (unpaired) electrons. The van der Waals surface area contributed by atoms with E-state index in [4.69, 9.17) is 9.47 Å². The Balaban J connectivity index is 1.56. The third kappa shape index (κ3) is 7.59. The Morgan fingerprint density at radius 1 is 1.12 bits per heavy atom. The zero-order chi connectivity index (χ0) is 28.6. The molecule has 216 valence electrons. The molecule has 3 aliphatic heterocycles. The number of likely N-dealkylation sites (tertiary alicyclic amines) is 1. The van der Waals surface area contributed by atoms with E-state index in [-0.39, 0.29) is 50.6 Å². The van der Waals surface area contributed by atoms with Crippen molar-refractivity contribution in [3.8, 4) is 5.75 Å². The van der Waals surface area contributed by atoms with Crippen molar-refractivity contribution in [3.63, 3.8) is 0 Å². The molecular formula is C28H38N6O6. The quantitative estimate of drug-likeness (QED) is 0.473. The van der Waals surface area contributed by atoms with Crippen LogP contribution >= 0.6 is 0 Å². The maximum Gasteiger partial charge on any atom is 0.258 e. The summed E-state index contributed by atoms with van der Waals surface area (Å²) in [5.74, 6) is -0.893. The molecule has 1 saturated heterocycles. The third-order valence-electron chi connectivity index (χ3n) is 6.99.